The number of hydrogen-bond acceptors (Lipinski definition) is 4. The first kappa shape index (κ1) is 9.51. The zero-order valence-electron chi connectivity index (χ0n) is 8.43. The van der Waals surface area contributed by atoms with Gasteiger partial charge < -0.3 is 4.74 Å². The van der Waals surface area contributed by atoms with Crippen molar-refractivity contribution < 1.29 is 4.74 Å². The fourth-order valence-electron chi connectivity index (χ4n) is 2.33. The van der Waals surface area contributed by atoms with Crippen LogP contribution in [0.5, 0.6) is 5.75 Å². The quantitative estimate of drug-likeness (QED) is 0.679. The normalized spacial score (nSPS) is 30.2. The van der Waals surface area contributed by atoms with Crippen LogP contribution in [0.2, 0.25) is 0 Å². The van der Waals surface area contributed by atoms with Crippen LogP contribution in [-0.2, 0) is 0 Å². The monoisotopic (exact) mass is 222 g/mol. The second kappa shape index (κ2) is 3.70. The topological polar surface area (TPSA) is 38.5 Å². The highest BCUT2D eigenvalue weighted by Crippen LogP contribution is 2.44. The zero-order valence-corrected chi connectivity index (χ0v) is 9.24. The number of nitrogens with two attached hydrogens (primary N) is 1. The molecule has 1 saturated heterocycles. The van der Waals surface area contributed by atoms with E-state index in [0.29, 0.717) is 11.3 Å². The van der Waals surface area contributed by atoms with Crippen LogP contribution in [0.25, 0.3) is 0 Å². The van der Waals surface area contributed by atoms with E-state index in [4.69, 9.17) is 10.6 Å². The van der Waals surface area contributed by atoms with Gasteiger partial charge in [-0.05, 0) is 12.5 Å². The van der Waals surface area contributed by atoms with Crippen LogP contribution in [0.3, 0.4) is 0 Å². The summed E-state index contributed by atoms with van der Waals surface area (Å²) in [6, 6.07) is 8.57. The first-order valence-electron chi connectivity index (χ1n) is 5.21. The van der Waals surface area contributed by atoms with E-state index in [2.05, 4.69) is 12.1 Å². The Morgan fingerprint density at radius 2 is 2.27 bits per heavy atom. The van der Waals surface area contributed by atoms with Gasteiger partial charge in [0.25, 0.3) is 0 Å². The third-order valence-corrected chi connectivity index (χ3v) is 4.41. The molecule has 2 aliphatic rings. The highest BCUT2D eigenvalue weighted by molar-refractivity contribution is 8.00. The molecule has 2 aliphatic heterocycles. The van der Waals surface area contributed by atoms with Gasteiger partial charge in [-0.15, -0.1) is 11.8 Å². The van der Waals surface area contributed by atoms with Gasteiger partial charge in [-0.2, -0.15) is 0 Å². The van der Waals surface area contributed by atoms with Crippen LogP contribution in [0.15, 0.2) is 24.3 Å². The van der Waals surface area contributed by atoms with Gasteiger partial charge in [-0.1, -0.05) is 18.2 Å². The molecule has 0 aliphatic carbocycles. The number of hydrogen-bond donors (Lipinski definition) is 1. The third-order valence-electron chi connectivity index (χ3n) is 3.04. The lowest BCUT2D eigenvalue weighted by Crippen LogP contribution is -2.32. The SMILES string of the molecule is NN1CSC2CCOc3ccccc3C21. The Labute approximate surface area is 93.6 Å². The molecule has 2 N–H and O–H groups in total. The molecule has 4 heteroatoms. The zero-order chi connectivity index (χ0) is 10.3. The molecule has 80 valence electrons. The van der Waals surface area contributed by atoms with Crippen molar-refractivity contribution in [2.45, 2.75) is 17.7 Å². The lowest BCUT2D eigenvalue weighted by atomic mass is 10.0. The number of para-hydroxylation sites is 1. The molecule has 0 amide bonds. The summed E-state index contributed by atoms with van der Waals surface area (Å²) in [5, 5.41) is 2.52. The molecule has 0 aromatic heterocycles. The standard InChI is InChI=1S/C11H14N2OS/c12-13-7-15-10-5-6-14-9-4-2-1-3-8(9)11(10)13/h1-4,10-11H,5-7,12H2. The number of hydrazine groups is 1. The molecule has 2 heterocycles. The second-order valence-electron chi connectivity index (χ2n) is 3.97. The summed E-state index contributed by atoms with van der Waals surface area (Å²) in [5.74, 6) is 7.95. The van der Waals surface area contributed by atoms with Crippen molar-refractivity contribution in [2.24, 2.45) is 5.84 Å². The minimum Gasteiger partial charge on any atom is -0.493 e. The summed E-state index contributed by atoms with van der Waals surface area (Å²) in [6.07, 6.45) is 1.08. The molecule has 3 rings (SSSR count). The van der Waals surface area contributed by atoms with Crippen LogP contribution in [-0.4, -0.2) is 22.7 Å². The fraction of sp³-hybridized carbons (Fsp3) is 0.455. The van der Waals surface area contributed by atoms with Gasteiger partial charge in [-0.25, -0.2) is 5.01 Å². The maximum atomic E-state index is 6.03. The molecule has 0 spiro atoms. The Kier molecular flexibility index (Phi) is 2.35. The summed E-state index contributed by atoms with van der Waals surface area (Å²) in [4.78, 5) is 0. The van der Waals surface area contributed by atoms with Crippen molar-refractivity contribution >= 4 is 11.8 Å². The summed E-state index contributed by atoms with van der Waals surface area (Å²) in [7, 11) is 0. The van der Waals surface area contributed by atoms with Crippen LogP contribution in [0, 0.1) is 0 Å². The van der Waals surface area contributed by atoms with Gasteiger partial charge in [0, 0.05) is 10.8 Å². The predicted molar refractivity (Wildman–Crippen MR) is 61.6 cm³/mol. The lowest BCUT2D eigenvalue weighted by molar-refractivity contribution is 0.254. The highest BCUT2D eigenvalue weighted by atomic mass is 32.2. The first-order valence-corrected chi connectivity index (χ1v) is 6.26. The summed E-state index contributed by atoms with van der Waals surface area (Å²) < 4.78 is 5.74. The van der Waals surface area contributed by atoms with Gasteiger partial charge in [0.15, 0.2) is 0 Å². The fourth-order valence-corrected chi connectivity index (χ4v) is 3.60. The first-order chi connectivity index (χ1) is 7.36. The third kappa shape index (κ3) is 1.53. The molecule has 0 saturated carbocycles. The van der Waals surface area contributed by atoms with Crippen molar-refractivity contribution in [2.75, 3.05) is 12.5 Å². The van der Waals surface area contributed by atoms with Gasteiger partial charge in [-0.3, -0.25) is 5.84 Å². The Morgan fingerprint density at radius 1 is 1.40 bits per heavy atom. The van der Waals surface area contributed by atoms with Crippen molar-refractivity contribution in [1.82, 2.24) is 5.01 Å². The van der Waals surface area contributed by atoms with E-state index in [-0.39, 0.29) is 0 Å². The van der Waals surface area contributed by atoms with Crippen molar-refractivity contribution in [3.05, 3.63) is 29.8 Å². The summed E-state index contributed by atoms with van der Waals surface area (Å²) >= 11 is 1.93. The number of fused-ring (bicyclic) bond motifs is 3. The Bertz CT molecular complexity index is 371. The van der Waals surface area contributed by atoms with Crippen LogP contribution >= 0.6 is 11.8 Å². The summed E-state index contributed by atoms with van der Waals surface area (Å²) in [5.41, 5.74) is 1.24. The Hall–Kier alpha value is -0.710. The van der Waals surface area contributed by atoms with Crippen LogP contribution in [0.1, 0.15) is 18.0 Å². The van der Waals surface area contributed by atoms with Gasteiger partial charge in [0.2, 0.25) is 0 Å². The van der Waals surface area contributed by atoms with Crippen molar-refractivity contribution in [3.63, 3.8) is 0 Å². The maximum Gasteiger partial charge on any atom is 0.124 e. The maximum absolute atomic E-state index is 6.03. The smallest absolute Gasteiger partial charge is 0.124 e. The Balaban J connectivity index is 2.06. The molecule has 1 aromatic rings. The van der Waals surface area contributed by atoms with Crippen LogP contribution in [0.4, 0.5) is 0 Å². The van der Waals surface area contributed by atoms with Crippen LogP contribution < -0.4 is 10.6 Å². The molecule has 0 radical (unpaired) electrons. The Morgan fingerprint density at radius 3 is 3.20 bits per heavy atom. The van der Waals surface area contributed by atoms with E-state index >= 15 is 0 Å². The van der Waals surface area contributed by atoms with E-state index in [0.717, 1.165) is 24.7 Å². The number of benzene rings is 1. The number of nitrogens with zero attached hydrogens (tertiary/aromatic N) is 1. The van der Waals surface area contributed by atoms with E-state index < -0.39 is 0 Å². The molecular formula is C11H14N2OS. The average Bonchev–Trinajstić information content (AvgIpc) is 2.52. The molecule has 1 fully saturated rings. The second-order valence-corrected chi connectivity index (χ2v) is 5.17. The van der Waals surface area contributed by atoms with Crippen molar-refractivity contribution in [1.29, 1.82) is 0 Å². The molecule has 3 nitrogen and oxygen atoms in total. The molecule has 0 bridgehead atoms. The van der Waals surface area contributed by atoms with Gasteiger partial charge >= 0.3 is 0 Å². The van der Waals surface area contributed by atoms with E-state index in [1.807, 2.05) is 28.9 Å². The van der Waals surface area contributed by atoms with Crippen molar-refractivity contribution in [3.8, 4) is 5.75 Å². The molecular weight excluding hydrogens is 208 g/mol. The summed E-state index contributed by atoms with van der Waals surface area (Å²) in [6.45, 7) is 0.805. The van der Waals surface area contributed by atoms with Gasteiger partial charge in [0.05, 0.1) is 18.5 Å². The predicted octanol–water partition coefficient (Wildman–Crippen LogP) is 1.76. The highest BCUT2D eigenvalue weighted by Gasteiger charge is 2.37. The minimum absolute atomic E-state index is 0.327. The number of rotatable bonds is 0. The average molecular weight is 222 g/mol. The minimum atomic E-state index is 0.327. The molecule has 15 heavy (non-hydrogen) atoms. The van der Waals surface area contributed by atoms with Gasteiger partial charge in [0.1, 0.15) is 5.75 Å². The lowest BCUT2D eigenvalue weighted by Gasteiger charge is -2.22. The number of thioether (sulfide) groups is 1. The molecule has 1 aromatic carbocycles. The number of ether oxygens (including phenoxy) is 1. The molecule has 2 atom stereocenters. The van der Waals surface area contributed by atoms with E-state index in [1.54, 1.807) is 0 Å². The largest absolute Gasteiger partial charge is 0.493 e. The molecule has 2 unspecified atom stereocenters. The van der Waals surface area contributed by atoms with E-state index in [1.165, 1.54) is 5.56 Å². The van der Waals surface area contributed by atoms with E-state index in [9.17, 15) is 0 Å².